The number of carbonyl (C=O) groups excluding carboxylic acids is 4. The van der Waals surface area contributed by atoms with Crippen LogP contribution in [0.4, 0.5) is 0 Å². The molecule has 5 rings (SSSR count). The number of rotatable bonds is 6. The first kappa shape index (κ1) is 54.2. The molecule has 1 aliphatic carbocycles. The number of Topliss-reactive ketones (excluding diaryl/α,β-unsaturated/α-hetero) is 2. The quantitative estimate of drug-likeness (QED) is 0.113. The van der Waals surface area contributed by atoms with Crippen LogP contribution in [-0.2, 0) is 47.2 Å². The number of allylic oxidation sites excluding steroid dienone is 7. The summed E-state index contributed by atoms with van der Waals surface area (Å²) in [5.41, 5.74) is 1.71. The number of hydrogen-bond donors (Lipinski definition) is 2. The van der Waals surface area contributed by atoms with Crippen molar-refractivity contribution in [2.24, 2.45) is 47.3 Å². The van der Waals surface area contributed by atoms with Crippen molar-refractivity contribution in [2.75, 3.05) is 34.1 Å². The summed E-state index contributed by atoms with van der Waals surface area (Å²) in [5, 5.41) is 23.5. The van der Waals surface area contributed by atoms with Gasteiger partial charge in [-0.1, -0.05) is 76.6 Å². The maximum Gasteiger partial charge on any atom is 0.329 e. The maximum absolute atomic E-state index is 14.3. The van der Waals surface area contributed by atoms with Gasteiger partial charge in [-0.2, -0.15) is 0 Å². The van der Waals surface area contributed by atoms with E-state index in [1.54, 1.807) is 27.4 Å². The highest BCUT2D eigenvalue weighted by molar-refractivity contribution is 7.57. The molecule has 0 aromatic carbocycles. The topological polar surface area (TPSA) is 175 Å². The summed E-state index contributed by atoms with van der Waals surface area (Å²) in [4.78, 5) is 58.0. The highest BCUT2D eigenvalue weighted by atomic mass is 31.2. The second kappa shape index (κ2) is 23.7. The Morgan fingerprint density at radius 1 is 0.803 bits per heavy atom. The molecule has 2 N–H and O–H groups in total. The molecule has 16 atom stereocenters. The first-order chi connectivity index (χ1) is 31.1. The molecule has 0 radical (unpaired) electrons. The van der Waals surface area contributed by atoms with Crippen LogP contribution in [0.15, 0.2) is 47.6 Å². The molecule has 1 saturated carbocycles. The highest BCUT2D eigenvalue weighted by Gasteiger charge is 2.55. The number of carbonyl (C=O) groups is 4. The zero-order valence-corrected chi connectivity index (χ0v) is 42.6. The van der Waals surface area contributed by atoms with Crippen LogP contribution in [0.5, 0.6) is 0 Å². The predicted octanol–water partition coefficient (Wildman–Crippen LogP) is 8.40. The van der Waals surface area contributed by atoms with Crippen molar-refractivity contribution in [2.45, 2.75) is 174 Å². The molecule has 3 saturated heterocycles. The Balaban J connectivity index is 1.46. The number of ketones is 2. The van der Waals surface area contributed by atoms with E-state index in [0.717, 1.165) is 18.4 Å². The van der Waals surface area contributed by atoms with Crippen molar-refractivity contribution < 1.29 is 57.4 Å². The summed E-state index contributed by atoms with van der Waals surface area (Å²) in [7, 11) is 0.351. The van der Waals surface area contributed by atoms with Crippen molar-refractivity contribution in [3.05, 3.63) is 47.6 Å². The van der Waals surface area contributed by atoms with Crippen LogP contribution in [-0.4, -0.2) is 121 Å². The number of nitrogens with zero attached hydrogens (tertiary/aromatic N) is 1. The fourth-order valence-corrected chi connectivity index (χ4v) is 12.2. The van der Waals surface area contributed by atoms with E-state index in [1.807, 2.05) is 58.1 Å². The third kappa shape index (κ3) is 13.7. The Morgan fingerprint density at radius 3 is 2.21 bits per heavy atom. The van der Waals surface area contributed by atoms with Gasteiger partial charge >= 0.3 is 5.97 Å². The maximum atomic E-state index is 14.3. The van der Waals surface area contributed by atoms with E-state index < -0.39 is 67.2 Å². The van der Waals surface area contributed by atoms with Crippen LogP contribution in [0.1, 0.15) is 126 Å². The fraction of sp³-hybridized carbons (Fsp3) is 0.769. The van der Waals surface area contributed by atoms with E-state index in [4.69, 9.17) is 23.5 Å². The van der Waals surface area contributed by atoms with Crippen molar-refractivity contribution in [1.29, 1.82) is 0 Å². The minimum Gasteiger partial charge on any atom is -0.461 e. The largest absolute Gasteiger partial charge is 0.461 e. The molecule has 372 valence electrons. The Labute approximate surface area is 395 Å². The van der Waals surface area contributed by atoms with Crippen molar-refractivity contribution in [3.63, 3.8) is 0 Å². The monoisotopic (exact) mass is 944 g/mol. The molecule has 66 heavy (non-hydrogen) atoms. The minimum atomic E-state index is -2.75. The third-order valence-corrected chi connectivity index (χ3v) is 16.3. The molecule has 5 bridgehead atoms. The number of hydrogen-bond acceptors (Lipinski definition) is 12. The lowest BCUT2D eigenvalue weighted by atomic mass is 9.71. The van der Waals surface area contributed by atoms with Gasteiger partial charge in [-0.3, -0.25) is 18.9 Å². The molecule has 14 heteroatoms. The zero-order chi connectivity index (χ0) is 48.7. The number of amides is 1. The molecule has 2 unspecified atom stereocenters. The van der Waals surface area contributed by atoms with E-state index >= 15 is 0 Å². The molecule has 0 aromatic heterocycles. The summed E-state index contributed by atoms with van der Waals surface area (Å²) in [6.07, 6.45) is 15.4. The molecular weight excluding hydrogens is 862 g/mol. The summed E-state index contributed by atoms with van der Waals surface area (Å²) < 4.78 is 42.9. The first-order valence-corrected chi connectivity index (χ1v) is 27.2. The van der Waals surface area contributed by atoms with Gasteiger partial charge in [-0.25, -0.2) is 4.79 Å². The van der Waals surface area contributed by atoms with Gasteiger partial charge in [0, 0.05) is 45.9 Å². The normalized spacial score (nSPS) is 42.4. The Hall–Kier alpha value is -2.77. The number of aliphatic hydroxyl groups is 2. The number of piperidine rings is 1. The first-order valence-electron chi connectivity index (χ1n) is 24.7. The zero-order valence-electron chi connectivity index (χ0n) is 41.7. The number of fused-ring (bicyclic) bond motifs is 5. The molecule has 1 amide bonds. The fourth-order valence-electron chi connectivity index (χ4n) is 11.3. The lowest BCUT2D eigenvalue weighted by Gasteiger charge is -2.43. The summed E-state index contributed by atoms with van der Waals surface area (Å²) >= 11 is 0. The van der Waals surface area contributed by atoms with Gasteiger partial charge in [0.15, 0.2) is 13.2 Å². The predicted molar refractivity (Wildman–Crippen MR) is 255 cm³/mol. The van der Waals surface area contributed by atoms with Crippen molar-refractivity contribution in [3.8, 4) is 0 Å². The second-order valence-electron chi connectivity index (χ2n) is 21.2. The van der Waals surface area contributed by atoms with Gasteiger partial charge in [0.2, 0.25) is 5.79 Å². The van der Waals surface area contributed by atoms with E-state index in [9.17, 15) is 34.0 Å². The van der Waals surface area contributed by atoms with Crippen LogP contribution >= 0.6 is 7.37 Å². The van der Waals surface area contributed by atoms with Crippen molar-refractivity contribution >= 4 is 30.8 Å². The van der Waals surface area contributed by atoms with Crippen LogP contribution < -0.4 is 0 Å². The Bertz CT molecular complexity index is 1870. The van der Waals surface area contributed by atoms with Crippen LogP contribution in [0, 0.1) is 47.3 Å². The van der Waals surface area contributed by atoms with Crippen molar-refractivity contribution in [1.82, 2.24) is 4.90 Å². The van der Waals surface area contributed by atoms with Gasteiger partial charge < -0.3 is 38.6 Å². The Morgan fingerprint density at radius 2 is 1.53 bits per heavy atom. The minimum absolute atomic E-state index is 0.000404. The average molecular weight is 944 g/mol. The standard InChI is InChI=1S/C52H82NO12P/c1-31-15-13-12-14-16-33(3)34(4)27-40-20-18-37(7)52(59,64-40)49(56)50(57)53-24-23-39-30-42(53)51(58)63-43(41(39)28-38-19-22-44(45(29-38)61-8)65-66(10,11)60)21-17-32(2)26-36(6)47(55)48(62-9)46(54)35(5)25-31/h12-16,26,31-32,34-35,37-45,47-48,55,59H,17-25,27-30H2,1-11H3/b14-12+,15-13+,33-16+,36-26+/t31-,32+,34?,35-,37-,38+,39?,40+,41+,42+,43+,44-,45-,47-,48+,52-/m1/s1. The summed E-state index contributed by atoms with van der Waals surface area (Å²) in [6, 6.07) is -1.000. The van der Waals surface area contributed by atoms with Crippen LogP contribution in [0.3, 0.4) is 0 Å². The Kier molecular flexibility index (Phi) is 19.4. The lowest BCUT2D eigenvalue weighted by Crippen LogP contribution is -2.61. The van der Waals surface area contributed by atoms with E-state index in [-0.39, 0.29) is 66.0 Å². The van der Waals surface area contributed by atoms with Gasteiger partial charge in [0.05, 0.1) is 18.3 Å². The van der Waals surface area contributed by atoms with Gasteiger partial charge in [0.1, 0.15) is 24.4 Å². The van der Waals surface area contributed by atoms with Gasteiger partial charge in [-0.15, -0.1) is 0 Å². The SMILES string of the molecule is CO[C@@H]1C[C@H](C[C@H]2C3CCN4C(=O)C(=O)[C@]5(O)O[C@@H](CC[C@H]5C)CC(C)/C(C)=C/C=C/C=C/[C@@H](C)C[C@@H](C)C(=O)[C@H](OC)[C@H](O)/C(C)=C/[C@@H](C)CC[C@@H]2OC(=O)[C@@H]4C3)CC[C@H]1OP(C)(C)=O. The molecule has 13 nitrogen and oxygen atoms in total. The smallest absolute Gasteiger partial charge is 0.329 e. The number of methoxy groups -OCH3 is 2. The molecule has 4 heterocycles. The van der Waals surface area contributed by atoms with Gasteiger partial charge in [0.25, 0.3) is 11.7 Å². The van der Waals surface area contributed by atoms with Crippen LogP contribution in [0.2, 0.25) is 0 Å². The number of aliphatic hydroxyl groups excluding tert-OH is 1. The lowest BCUT2D eigenvalue weighted by molar-refractivity contribution is -0.264. The van der Waals surface area contributed by atoms with E-state index in [0.29, 0.717) is 69.8 Å². The highest BCUT2D eigenvalue weighted by Crippen LogP contribution is 2.47. The average Bonchev–Trinajstić information content (AvgIpc) is 3.35. The summed E-state index contributed by atoms with van der Waals surface area (Å²) in [6.45, 7) is 17.0. The van der Waals surface area contributed by atoms with Gasteiger partial charge in [-0.05, 0) is 132 Å². The van der Waals surface area contributed by atoms with E-state index in [1.165, 1.54) is 12.0 Å². The molecule has 5 aliphatic rings. The number of esters is 1. The molecule has 0 aromatic rings. The molecular formula is C52H82NO12P. The second-order valence-corrected chi connectivity index (χ2v) is 23.9. The molecule has 0 spiro atoms. The van der Waals surface area contributed by atoms with Crippen LogP contribution in [0.25, 0.3) is 0 Å². The number of ether oxygens (including phenoxy) is 4. The summed E-state index contributed by atoms with van der Waals surface area (Å²) in [5.74, 6) is -5.79. The third-order valence-electron chi connectivity index (χ3n) is 15.5. The van der Waals surface area contributed by atoms with E-state index in [2.05, 4.69) is 19.9 Å². The molecule has 4 fully saturated rings. The molecule has 4 aliphatic heterocycles.